The number of carbonyl (C=O) groups is 1. The van der Waals surface area contributed by atoms with Gasteiger partial charge in [0.25, 0.3) is 0 Å². The molecule has 2 heterocycles. The number of furan rings is 1. The van der Waals surface area contributed by atoms with Crippen LogP contribution < -0.4 is 11.1 Å². The van der Waals surface area contributed by atoms with Crippen molar-refractivity contribution >= 4 is 34.8 Å². The highest BCUT2D eigenvalue weighted by Gasteiger charge is 2.26. The molecule has 1 saturated carbocycles. The van der Waals surface area contributed by atoms with Crippen LogP contribution in [0.5, 0.6) is 0 Å². The number of rotatable bonds is 4. The maximum Gasteiger partial charge on any atom is 0.226 e. The number of hydrogen-bond donors (Lipinski definition) is 2. The highest BCUT2D eigenvalue weighted by atomic mass is 35.5. The summed E-state index contributed by atoms with van der Waals surface area (Å²) in [7, 11) is 0. The molecular formula is C14H18ClN3O2S. The summed E-state index contributed by atoms with van der Waals surface area (Å²) in [5.41, 5.74) is 6.73. The monoisotopic (exact) mass is 327 g/mol. The Morgan fingerprint density at radius 2 is 2.38 bits per heavy atom. The second-order valence-electron chi connectivity index (χ2n) is 5.12. The molecule has 0 spiro atoms. The lowest BCUT2D eigenvalue weighted by atomic mass is 10.00. The van der Waals surface area contributed by atoms with Crippen molar-refractivity contribution < 1.29 is 9.21 Å². The first-order valence-electron chi connectivity index (χ1n) is 6.77. The van der Waals surface area contributed by atoms with Gasteiger partial charge >= 0.3 is 0 Å². The molecule has 2 aromatic heterocycles. The van der Waals surface area contributed by atoms with Gasteiger partial charge in [-0.3, -0.25) is 4.79 Å². The van der Waals surface area contributed by atoms with E-state index in [1.54, 1.807) is 6.26 Å². The Morgan fingerprint density at radius 1 is 1.52 bits per heavy atom. The van der Waals surface area contributed by atoms with E-state index >= 15 is 0 Å². The second-order valence-corrected chi connectivity index (χ2v) is 5.98. The van der Waals surface area contributed by atoms with E-state index in [0.717, 1.165) is 25.0 Å². The molecule has 5 nitrogen and oxygen atoms in total. The Bertz CT molecular complexity index is 585. The lowest BCUT2D eigenvalue weighted by Crippen LogP contribution is -2.28. The van der Waals surface area contributed by atoms with Gasteiger partial charge in [-0.25, -0.2) is 4.98 Å². The fraction of sp³-hybridized carbons (Fsp3) is 0.429. The average molecular weight is 328 g/mol. The van der Waals surface area contributed by atoms with E-state index in [9.17, 15) is 4.79 Å². The number of hydrogen-bond acceptors (Lipinski definition) is 5. The minimum atomic E-state index is -0.00676. The normalized spacial score (nSPS) is 21.0. The predicted octanol–water partition coefficient (Wildman–Crippen LogP) is 3.28. The van der Waals surface area contributed by atoms with Crippen LogP contribution >= 0.6 is 23.7 Å². The molecule has 0 radical (unpaired) electrons. The highest BCUT2D eigenvalue weighted by Crippen LogP contribution is 2.28. The number of halogens is 1. The molecule has 7 heteroatoms. The number of nitrogens with one attached hydrogen (secondary N) is 1. The summed E-state index contributed by atoms with van der Waals surface area (Å²) >= 11 is 1.40. The van der Waals surface area contributed by atoms with Crippen LogP contribution in [0.2, 0.25) is 0 Å². The number of anilines is 1. The van der Waals surface area contributed by atoms with Crippen molar-refractivity contribution in [1.29, 1.82) is 0 Å². The summed E-state index contributed by atoms with van der Waals surface area (Å²) in [6.07, 6.45) is 5.28. The largest absolute Gasteiger partial charge is 0.463 e. The first-order valence-corrected chi connectivity index (χ1v) is 7.65. The molecule has 0 aromatic carbocycles. The smallest absolute Gasteiger partial charge is 0.226 e. The van der Waals surface area contributed by atoms with E-state index in [-0.39, 0.29) is 24.4 Å². The SMILES string of the molecule is Cl.N[C@@H]1CCC[C@H]1CC(=O)Nc1nc(-c2ccco2)cs1. The quantitative estimate of drug-likeness (QED) is 0.903. The Balaban J connectivity index is 0.00000161. The van der Waals surface area contributed by atoms with E-state index in [0.29, 0.717) is 23.2 Å². The van der Waals surface area contributed by atoms with E-state index in [1.807, 2.05) is 17.5 Å². The van der Waals surface area contributed by atoms with E-state index in [2.05, 4.69) is 10.3 Å². The number of thiazole rings is 1. The van der Waals surface area contributed by atoms with E-state index in [1.165, 1.54) is 11.3 Å². The molecular weight excluding hydrogens is 310 g/mol. The fourth-order valence-corrected chi connectivity index (χ4v) is 3.31. The molecule has 0 aliphatic heterocycles. The van der Waals surface area contributed by atoms with Gasteiger partial charge in [0.1, 0.15) is 5.69 Å². The van der Waals surface area contributed by atoms with Crippen molar-refractivity contribution in [3.05, 3.63) is 23.8 Å². The van der Waals surface area contributed by atoms with Crippen molar-refractivity contribution in [3.63, 3.8) is 0 Å². The van der Waals surface area contributed by atoms with Gasteiger partial charge in [-0.1, -0.05) is 6.42 Å². The molecule has 0 bridgehead atoms. The summed E-state index contributed by atoms with van der Waals surface area (Å²) in [6.45, 7) is 0. The van der Waals surface area contributed by atoms with Gasteiger partial charge in [-0.2, -0.15) is 0 Å². The van der Waals surface area contributed by atoms with Crippen LogP contribution in [0.3, 0.4) is 0 Å². The van der Waals surface area contributed by atoms with Crippen molar-refractivity contribution in [2.24, 2.45) is 11.7 Å². The molecule has 0 saturated heterocycles. The lowest BCUT2D eigenvalue weighted by molar-refractivity contribution is -0.117. The van der Waals surface area contributed by atoms with Crippen LogP contribution in [0.1, 0.15) is 25.7 Å². The van der Waals surface area contributed by atoms with Gasteiger partial charge in [0, 0.05) is 17.8 Å². The van der Waals surface area contributed by atoms with E-state index in [4.69, 9.17) is 10.2 Å². The number of carbonyl (C=O) groups excluding carboxylic acids is 1. The van der Waals surface area contributed by atoms with Crippen molar-refractivity contribution in [3.8, 4) is 11.5 Å². The molecule has 1 aliphatic carbocycles. The zero-order valence-electron chi connectivity index (χ0n) is 11.5. The molecule has 2 atom stereocenters. The summed E-state index contributed by atoms with van der Waals surface area (Å²) < 4.78 is 5.27. The van der Waals surface area contributed by atoms with Crippen LogP contribution in [0.4, 0.5) is 5.13 Å². The van der Waals surface area contributed by atoms with Crippen LogP contribution in [-0.2, 0) is 4.79 Å². The van der Waals surface area contributed by atoms with Crippen LogP contribution in [0.25, 0.3) is 11.5 Å². The number of aromatic nitrogens is 1. The van der Waals surface area contributed by atoms with Gasteiger partial charge in [0.05, 0.1) is 6.26 Å². The summed E-state index contributed by atoms with van der Waals surface area (Å²) in [5.74, 6) is 1.01. The Kier molecular flexibility index (Phi) is 5.39. The van der Waals surface area contributed by atoms with E-state index < -0.39 is 0 Å². The summed E-state index contributed by atoms with van der Waals surface area (Å²) in [6, 6.07) is 3.82. The topological polar surface area (TPSA) is 81.2 Å². The summed E-state index contributed by atoms with van der Waals surface area (Å²) in [5, 5.41) is 5.32. The van der Waals surface area contributed by atoms with Gasteiger partial charge in [0.2, 0.25) is 5.91 Å². The Morgan fingerprint density at radius 3 is 3.05 bits per heavy atom. The maximum atomic E-state index is 12.0. The zero-order chi connectivity index (χ0) is 13.9. The molecule has 1 amide bonds. The van der Waals surface area contributed by atoms with Crippen LogP contribution in [0.15, 0.2) is 28.2 Å². The molecule has 2 aromatic rings. The number of nitrogens with zero attached hydrogens (tertiary/aromatic N) is 1. The van der Waals surface area contributed by atoms with Crippen LogP contribution in [-0.4, -0.2) is 16.9 Å². The minimum Gasteiger partial charge on any atom is -0.463 e. The second kappa shape index (κ2) is 7.06. The molecule has 0 unspecified atom stereocenters. The average Bonchev–Trinajstić information content (AvgIpc) is 3.12. The highest BCUT2D eigenvalue weighted by molar-refractivity contribution is 7.14. The third-order valence-corrected chi connectivity index (χ3v) is 4.45. The van der Waals surface area contributed by atoms with Gasteiger partial charge in [0.15, 0.2) is 10.9 Å². The Labute approximate surface area is 133 Å². The number of amides is 1. The molecule has 3 rings (SSSR count). The van der Waals surface area contributed by atoms with Gasteiger partial charge in [-0.05, 0) is 30.9 Å². The van der Waals surface area contributed by atoms with Gasteiger partial charge in [-0.15, -0.1) is 23.7 Å². The molecule has 1 fully saturated rings. The zero-order valence-corrected chi connectivity index (χ0v) is 13.1. The summed E-state index contributed by atoms with van der Waals surface area (Å²) in [4.78, 5) is 16.3. The molecule has 114 valence electrons. The maximum absolute atomic E-state index is 12.0. The number of nitrogens with two attached hydrogens (primary N) is 1. The van der Waals surface area contributed by atoms with Crippen molar-refractivity contribution in [2.45, 2.75) is 31.7 Å². The standard InChI is InChI=1S/C14H17N3O2S.ClH/c15-10-4-1-3-9(10)7-13(18)17-14-16-11(8-20-14)12-5-2-6-19-12;/h2,5-6,8-10H,1,3-4,7,15H2,(H,16,17,18);1H/t9-,10+;/m0./s1. The van der Waals surface area contributed by atoms with Gasteiger partial charge < -0.3 is 15.5 Å². The Hall–Kier alpha value is -1.37. The molecule has 1 aliphatic rings. The first-order chi connectivity index (χ1) is 9.72. The first kappa shape index (κ1) is 16.0. The predicted molar refractivity (Wildman–Crippen MR) is 85.6 cm³/mol. The minimum absolute atomic E-state index is 0. The van der Waals surface area contributed by atoms with Crippen LogP contribution in [0, 0.1) is 5.92 Å². The van der Waals surface area contributed by atoms with Crippen molar-refractivity contribution in [2.75, 3.05) is 5.32 Å². The molecule has 3 N–H and O–H groups in total. The molecule has 21 heavy (non-hydrogen) atoms. The third-order valence-electron chi connectivity index (χ3n) is 3.69. The lowest BCUT2D eigenvalue weighted by Gasteiger charge is -2.13. The fourth-order valence-electron chi connectivity index (χ4n) is 2.60. The third kappa shape index (κ3) is 3.84. The van der Waals surface area contributed by atoms with Crippen molar-refractivity contribution in [1.82, 2.24) is 4.98 Å².